The number of carbonyl (C=O) groups excluding carboxylic acids is 7. The number of pyridine rings is 2. The number of aliphatic carboxylic acids is 1. The standard InChI is InChI=1S/C20H20BrCl2N3O3.C18H14BrCl2N3O2.2C15H21BBrNO3.C14H18BrNO2.C13H17BBrNO3/c1-2-29-18(27)20(12-13-4-6-14(21)7-5-13)8-3-9-26(20)19(28)24-15-10-16(22)25-17(23)11-15;19-12-4-2-11(3-5-12)10-18-6-1-7-23(18)17(26)24(16(18)25)13-8-14(20)22-15(21)9-13;2*1-3-21-14(19)15(9-4-10-18(15)16(2)20)11-12-5-7-13(17)8-6-12;1-2-18-13(17)14(8-3-9-16-14)10-11-4-6-12(15)7-5-11;1-14(19)16-8-2-7-13(16,12(17)18)9-10-3-5-11(15)6-4-10/h4-7,10-11H,2-3,8-9,12H2,1H3,(H,24,25,28);2-5,8-9H,1,6-7,10H2;2*5-8,20H,3-4,9-11H2,1-2H3;4-7,16H,2-3,8-10H2,1H3;3-6,19H,2,7-9H2,1H3,(H,17,18). The maximum atomic E-state index is 13.4. The third-order valence-corrected chi connectivity index (χ3v) is 28.9. The fourth-order valence-corrected chi connectivity index (χ4v) is 21.4. The van der Waals surface area contributed by atoms with Crippen LogP contribution in [0.1, 0.15) is 138 Å². The molecule has 15 rings (SSSR count). The minimum Gasteiger partial charge on any atom is -0.480 e. The van der Waals surface area contributed by atoms with Gasteiger partial charge in [0.2, 0.25) is 0 Å². The van der Waals surface area contributed by atoms with E-state index in [1.807, 2.05) is 176 Å². The summed E-state index contributed by atoms with van der Waals surface area (Å²) < 4.78 is 27.2. The molecular weight excluding hydrogens is 2190 g/mol. The molecule has 2 aromatic heterocycles. The molecule has 0 radical (unpaired) electrons. The Morgan fingerprint density at radius 2 is 0.724 bits per heavy atom. The highest BCUT2D eigenvalue weighted by Crippen LogP contribution is 2.45. The Kier molecular flexibility index (Phi) is 41.0. The van der Waals surface area contributed by atoms with Crippen LogP contribution in [0.25, 0.3) is 0 Å². The summed E-state index contributed by atoms with van der Waals surface area (Å²) in [5, 5.41) is 46.2. The van der Waals surface area contributed by atoms with Crippen molar-refractivity contribution in [1.29, 1.82) is 0 Å². The second-order valence-corrected chi connectivity index (χ2v) is 40.9. The van der Waals surface area contributed by atoms with Crippen LogP contribution >= 0.6 is 142 Å². The number of amides is 5. The van der Waals surface area contributed by atoms with Crippen LogP contribution in [0.15, 0.2) is 197 Å². The van der Waals surface area contributed by atoms with Gasteiger partial charge in [-0.3, -0.25) is 24.0 Å². The van der Waals surface area contributed by atoms with Crippen LogP contribution in [-0.4, -0.2) is 222 Å². The van der Waals surface area contributed by atoms with Crippen LogP contribution < -0.4 is 15.5 Å². The highest BCUT2D eigenvalue weighted by molar-refractivity contribution is 9.11. The summed E-state index contributed by atoms with van der Waals surface area (Å²) in [5.74, 6) is -2.07. The number of carbonyl (C=O) groups is 8. The number of nitrogens with one attached hydrogen (secondary N) is 2. The van der Waals surface area contributed by atoms with Crippen molar-refractivity contribution in [2.24, 2.45) is 0 Å². The van der Waals surface area contributed by atoms with Crippen LogP contribution in [0.4, 0.5) is 21.0 Å². The third-order valence-electron chi connectivity index (χ3n) is 25.0. The van der Waals surface area contributed by atoms with Crippen molar-refractivity contribution in [3.8, 4) is 0 Å². The number of rotatable bonds is 26. The quantitative estimate of drug-likeness (QED) is 0.00964. The van der Waals surface area contributed by atoms with Gasteiger partial charge in [0.25, 0.3) is 5.91 Å². The Balaban J connectivity index is 0.000000168. The number of anilines is 2. The predicted octanol–water partition coefficient (Wildman–Crippen LogP) is 19.7. The van der Waals surface area contributed by atoms with Gasteiger partial charge in [0, 0.05) is 84.1 Å². The second-order valence-electron chi connectivity index (χ2n) is 33.9. The summed E-state index contributed by atoms with van der Waals surface area (Å²) in [6.07, 6.45) is 12.2. The number of halogens is 10. The lowest BCUT2D eigenvalue weighted by molar-refractivity contribution is -0.155. The van der Waals surface area contributed by atoms with Crippen LogP contribution in [0.2, 0.25) is 41.1 Å². The monoisotopic (exact) mass is 2290 g/mol. The summed E-state index contributed by atoms with van der Waals surface area (Å²) in [6, 6.07) is 52.4. The fraction of sp³-hybridized carbons (Fsp3) is 0.432. The van der Waals surface area contributed by atoms with Crippen LogP contribution in [0.5, 0.6) is 0 Å². The largest absolute Gasteiger partial charge is 0.480 e. The number of hydrogen-bond donors (Lipinski definition) is 6. The van der Waals surface area contributed by atoms with Crippen molar-refractivity contribution < 1.29 is 77.5 Å². The molecule has 9 heterocycles. The molecule has 0 spiro atoms. The predicted molar refractivity (Wildman–Crippen MR) is 546 cm³/mol. The van der Waals surface area contributed by atoms with Crippen molar-refractivity contribution in [3.63, 3.8) is 0 Å². The number of nitrogens with zero attached hydrogens (tertiary/aromatic N) is 8. The number of ether oxygens (including phenoxy) is 4. The molecule has 7 aliphatic heterocycles. The van der Waals surface area contributed by atoms with Gasteiger partial charge in [0.05, 0.1) is 32.1 Å². The normalized spacial score (nSPS) is 21.7. The number of urea groups is 2. The van der Waals surface area contributed by atoms with Crippen LogP contribution in [0.3, 0.4) is 0 Å². The highest BCUT2D eigenvalue weighted by Gasteiger charge is 2.61. The van der Waals surface area contributed by atoms with Gasteiger partial charge in [-0.25, -0.2) is 29.3 Å². The van der Waals surface area contributed by atoms with Gasteiger partial charge in [0.1, 0.15) is 53.8 Å². The molecule has 716 valence electrons. The van der Waals surface area contributed by atoms with Gasteiger partial charge in [-0.05, 0) is 282 Å². The summed E-state index contributed by atoms with van der Waals surface area (Å²) >= 11 is 44.2. The van der Waals surface area contributed by atoms with Crippen molar-refractivity contribution in [1.82, 2.24) is 39.5 Å². The smallest absolute Gasteiger partial charge is 0.377 e. The Bertz CT molecular complexity index is 5210. The molecule has 6 N–H and O–H groups in total. The lowest BCUT2D eigenvalue weighted by Gasteiger charge is -2.37. The van der Waals surface area contributed by atoms with Crippen LogP contribution in [-0.2, 0) is 86.2 Å². The number of carboxylic acid groups (broad SMARTS) is 1. The van der Waals surface area contributed by atoms with E-state index >= 15 is 0 Å². The zero-order chi connectivity index (χ0) is 97.5. The summed E-state index contributed by atoms with van der Waals surface area (Å²) in [5.41, 5.74) is 2.04. The number of fused-ring (bicyclic) bond motifs is 1. The number of esters is 4. The fourth-order valence-electron chi connectivity index (χ4n) is 18.9. The van der Waals surface area contributed by atoms with E-state index in [1.54, 1.807) is 42.0 Å². The molecule has 134 heavy (non-hydrogen) atoms. The molecule has 7 saturated heterocycles. The third kappa shape index (κ3) is 27.4. The zero-order valence-corrected chi connectivity index (χ0v) is 88.3. The van der Waals surface area contributed by atoms with Gasteiger partial charge in [-0.1, -0.05) is 215 Å². The van der Waals surface area contributed by atoms with E-state index in [9.17, 15) is 58.5 Å². The van der Waals surface area contributed by atoms with E-state index in [4.69, 9.17) is 65.4 Å². The first kappa shape index (κ1) is 109. The van der Waals surface area contributed by atoms with Gasteiger partial charge in [-0.15, -0.1) is 0 Å². The first-order chi connectivity index (χ1) is 63.8. The van der Waals surface area contributed by atoms with Gasteiger partial charge >= 0.3 is 63.1 Å². The molecule has 0 aliphatic carbocycles. The molecule has 6 atom stereocenters. The summed E-state index contributed by atoms with van der Waals surface area (Å²) in [7, 11) is -2.06. The average molecular weight is 2300 g/mol. The highest BCUT2D eigenvalue weighted by atomic mass is 79.9. The molecule has 26 nitrogen and oxygen atoms in total. The topological polar surface area (TPSA) is 324 Å². The minimum absolute atomic E-state index is 0.120. The maximum Gasteiger partial charge on any atom is 0.377 e. The van der Waals surface area contributed by atoms with Crippen molar-refractivity contribution in [3.05, 3.63) is 251 Å². The summed E-state index contributed by atoms with van der Waals surface area (Å²) in [4.78, 5) is 119. The summed E-state index contributed by atoms with van der Waals surface area (Å²) in [6.45, 7) is 17.6. The Morgan fingerprint density at radius 1 is 0.410 bits per heavy atom. The molecule has 0 bridgehead atoms. The SMILES string of the molecule is CB(O)N1CCCC1(Cc1ccc(Br)cc1)C(=O)O.CCOC(=O)C1(Cc2ccc(Br)cc2)CCCN1.CCOC(=O)C1(Cc2ccc(Br)cc2)CCCN1B(C)O.CCOC(=O)C1(Cc2ccc(Br)cc2)CCCN1B(C)O.CCOC(=O)C1(Cc2ccc(Br)cc2)CCCN1C(=O)Nc1cc(Cl)nc(Cl)c1.O=C1N(c2cc(Cl)nc(Cl)c2)C(=O)C2(Cc3ccc(Br)cc3)CCCN12. The second kappa shape index (κ2) is 50.3. The van der Waals surface area contributed by atoms with E-state index in [0.717, 1.165) is 105 Å². The first-order valence-corrected chi connectivity index (χ1v) is 51.0. The molecule has 39 heteroatoms. The van der Waals surface area contributed by atoms with E-state index in [2.05, 4.69) is 116 Å². The number of imide groups is 1. The molecule has 5 amide bonds. The molecular formula is C95H111B3Br6Cl4N10O16. The van der Waals surface area contributed by atoms with Crippen molar-refractivity contribution in [2.75, 3.05) is 75.9 Å². The van der Waals surface area contributed by atoms with E-state index in [0.29, 0.717) is 141 Å². The molecule has 6 unspecified atom stereocenters. The van der Waals surface area contributed by atoms with E-state index in [-0.39, 0.29) is 57.1 Å². The molecule has 7 fully saturated rings. The Hall–Kier alpha value is -6.87. The number of likely N-dealkylation sites (tertiary alicyclic amines) is 1. The molecule has 7 aliphatic rings. The van der Waals surface area contributed by atoms with Gasteiger partial charge in [0.15, 0.2) is 0 Å². The number of aromatic nitrogens is 2. The number of hydrogen-bond acceptors (Lipinski definition) is 21. The van der Waals surface area contributed by atoms with E-state index in [1.165, 1.54) is 29.2 Å². The Labute approximate surface area is 855 Å². The molecule has 0 saturated carbocycles. The Morgan fingerprint density at radius 3 is 1.09 bits per heavy atom. The van der Waals surface area contributed by atoms with E-state index < -0.39 is 72.4 Å². The minimum atomic E-state index is -1.07. The van der Waals surface area contributed by atoms with Crippen molar-refractivity contribution >= 4 is 222 Å². The number of carboxylic acids is 1. The average Bonchev–Trinajstić information content (AvgIpc) is 1.56. The zero-order valence-electron chi connectivity index (χ0n) is 75.7. The number of benzene rings is 6. The van der Waals surface area contributed by atoms with Gasteiger partial charge < -0.3 is 74.0 Å². The van der Waals surface area contributed by atoms with Crippen molar-refractivity contribution in [2.45, 2.75) is 197 Å². The van der Waals surface area contributed by atoms with Crippen LogP contribution in [0, 0.1) is 0 Å². The molecule has 6 aromatic carbocycles. The van der Waals surface area contributed by atoms with Gasteiger partial charge in [-0.2, -0.15) is 0 Å². The lowest BCUT2D eigenvalue weighted by atomic mass is 9.77. The lowest BCUT2D eigenvalue weighted by Crippen LogP contribution is -2.57. The molecule has 8 aromatic rings. The first-order valence-electron chi connectivity index (χ1n) is 44.7. The maximum absolute atomic E-state index is 13.4.